The van der Waals surface area contributed by atoms with Crippen LogP contribution in [0.4, 0.5) is 0 Å². The predicted octanol–water partition coefficient (Wildman–Crippen LogP) is 2.61. The highest BCUT2D eigenvalue weighted by Gasteiger charge is 2.37. The summed E-state index contributed by atoms with van der Waals surface area (Å²) in [7, 11) is 0. The fraction of sp³-hybridized carbons (Fsp3) is 0.778. The Morgan fingerprint density at radius 2 is 2.11 bits per heavy atom. The summed E-state index contributed by atoms with van der Waals surface area (Å²) in [5, 5.41) is 0. The highest BCUT2D eigenvalue weighted by atomic mass is 14.4. The van der Waals surface area contributed by atoms with Crippen LogP contribution >= 0.6 is 0 Å². The maximum atomic E-state index is 3.86. The van der Waals surface area contributed by atoms with Gasteiger partial charge in [-0.1, -0.05) is 12.5 Å². The Morgan fingerprint density at radius 3 is 2.44 bits per heavy atom. The molecule has 2 fully saturated rings. The lowest BCUT2D eigenvalue weighted by molar-refractivity contribution is 0.395. The summed E-state index contributed by atoms with van der Waals surface area (Å²) in [6.07, 6.45) is 8.13. The second kappa shape index (κ2) is 1.86. The van der Waals surface area contributed by atoms with Crippen LogP contribution in [0.15, 0.2) is 12.7 Å². The molecule has 3 atom stereocenters. The van der Waals surface area contributed by atoms with E-state index >= 15 is 0 Å². The second-order valence-electron chi connectivity index (χ2n) is 3.57. The number of hydrogen-bond acceptors (Lipinski definition) is 0. The topological polar surface area (TPSA) is 0 Å². The van der Waals surface area contributed by atoms with Gasteiger partial charge in [-0.3, -0.25) is 0 Å². The molecule has 0 nitrogen and oxygen atoms in total. The number of hydrogen-bond donors (Lipinski definition) is 0. The van der Waals surface area contributed by atoms with Crippen LogP contribution < -0.4 is 0 Å². The molecule has 2 bridgehead atoms. The van der Waals surface area contributed by atoms with Crippen LogP contribution in [0.1, 0.15) is 25.7 Å². The summed E-state index contributed by atoms with van der Waals surface area (Å²) >= 11 is 0. The molecule has 0 saturated heterocycles. The van der Waals surface area contributed by atoms with E-state index in [-0.39, 0.29) is 0 Å². The molecule has 0 heteroatoms. The van der Waals surface area contributed by atoms with Crippen LogP contribution in [0.3, 0.4) is 0 Å². The lowest BCUT2D eigenvalue weighted by Gasteiger charge is -2.16. The Bertz CT molecular complexity index is 126. The normalized spacial score (nSPS) is 47.8. The quantitative estimate of drug-likeness (QED) is 0.469. The van der Waals surface area contributed by atoms with Gasteiger partial charge in [-0.2, -0.15) is 0 Å². The molecule has 2 unspecified atom stereocenters. The van der Waals surface area contributed by atoms with Gasteiger partial charge in [0.05, 0.1) is 0 Å². The molecule has 0 heterocycles. The van der Waals surface area contributed by atoms with E-state index in [1.54, 1.807) is 0 Å². The average Bonchev–Trinajstić information content (AvgIpc) is 2.45. The Balaban J connectivity index is 2.09. The standard InChI is InChI=1S/C9H14/c1-2-8-5-7-3-4-9(8)6-7/h2,7-9H,1,3-6H2/t7?,8-,9?/m0/s1. The zero-order valence-electron chi connectivity index (χ0n) is 5.84. The van der Waals surface area contributed by atoms with Crippen LogP contribution in [-0.4, -0.2) is 0 Å². The van der Waals surface area contributed by atoms with Crippen molar-refractivity contribution in [3.63, 3.8) is 0 Å². The minimum atomic E-state index is 0.892. The third-order valence-corrected chi connectivity index (χ3v) is 3.10. The Morgan fingerprint density at radius 1 is 1.22 bits per heavy atom. The zero-order chi connectivity index (χ0) is 6.27. The molecule has 0 amide bonds. The lowest BCUT2D eigenvalue weighted by Crippen LogP contribution is -2.06. The highest BCUT2D eigenvalue weighted by Crippen LogP contribution is 2.48. The van der Waals surface area contributed by atoms with E-state index in [2.05, 4.69) is 12.7 Å². The second-order valence-corrected chi connectivity index (χ2v) is 3.57. The third kappa shape index (κ3) is 0.726. The molecule has 0 spiro atoms. The SMILES string of the molecule is C=C[C@H]1CC2CCC1C2. The van der Waals surface area contributed by atoms with Gasteiger partial charge < -0.3 is 0 Å². The summed E-state index contributed by atoms with van der Waals surface area (Å²) in [4.78, 5) is 0. The van der Waals surface area contributed by atoms with Crippen molar-refractivity contribution in [2.45, 2.75) is 25.7 Å². The van der Waals surface area contributed by atoms with E-state index in [9.17, 15) is 0 Å². The first-order valence-corrected chi connectivity index (χ1v) is 4.02. The smallest absolute Gasteiger partial charge is 0.0205 e. The number of rotatable bonds is 1. The van der Waals surface area contributed by atoms with Gasteiger partial charge in [-0.25, -0.2) is 0 Å². The molecule has 2 aliphatic carbocycles. The highest BCUT2D eigenvalue weighted by molar-refractivity contribution is 4.97. The van der Waals surface area contributed by atoms with Crippen molar-refractivity contribution in [1.29, 1.82) is 0 Å². The first-order chi connectivity index (χ1) is 4.40. The molecule has 2 aliphatic rings. The maximum Gasteiger partial charge on any atom is -0.0205 e. The molecule has 2 rings (SSSR count). The Labute approximate surface area is 57.0 Å². The van der Waals surface area contributed by atoms with Crippen molar-refractivity contribution in [1.82, 2.24) is 0 Å². The van der Waals surface area contributed by atoms with Crippen molar-refractivity contribution >= 4 is 0 Å². The van der Waals surface area contributed by atoms with Crippen molar-refractivity contribution in [2.75, 3.05) is 0 Å². The van der Waals surface area contributed by atoms with Gasteiger partial charge in [0.1, 0.15) is 0 Å². The first kappa shape index (κ1) is 5.52. The van der Waals surface area contributed by atoms with E-state index in [1.165, 1.54) is 25.7 Å². The monoisotopic (exact) mass is 122 g/mol. The van der Waals surface area contributed by atoms with Gasteiger partial charge >= 0.3 is 0 Å². The fourth-order valence-corrected chi connectivity index (χ4v) is 2.58. The Kier molecular flexibility index (Phi) is 1.14. The Hall–Kier alpha value is -0.260. The van der Waals surface area contributed by atoms with E-state index < -0.39 is 0 Å². The van der Waals surface area contributed by atoms with Crippen molar-refractivity contribution < 1.29 is 0 Å². The molecular weight excluding hydrogens is 108 g/mol. The average molecular weight is 122 g/mol. The minimum Gasteiger partial charge on any atom is -0.103 e. The van der Waals surface area contributed by atoms with Gasteiger partial charge in [-0.05, 0) is 37.0 Å². The molecule has 0 N–H and O–H groups in total. The summed E-state index contributed by atoms with van der Waals surface area (Å²) in [5.74, 6) is 3.01. The maximum absolute atomic E-state index is 3.86. The van der Waals surface area contributed by atoms with Gasteiger partial charge in [0.15, 0.2) is 0 Å². The third-order valence-electron chi connectivity index (χ3n) is 3.10. The van der Waals surface area contributed by atoms with Crippen LogP contribution in [0.5, 0.6) is 0 Å². The van der Waals surface area contributed by atoms with Crippen molar-refractivity contribution in [3.05, 3.63) is 12.7 Å². The molecular formula is C9H14. The van der Waals surface area contributed by atoms with Gasteiger partial charge in [-0.15, -0.1) is 6.58 Å². The van der Waals surface area contributed by atoms with Gasteiger partial charge in [0, 0.05) is 0 Å². The van der Waals surface area contributed by atoms with Crippen LogP contribution in [0.2, 0.25) is 0 Å². The fourth-order valence-electron chi connectivity index (χ4n) is 2.58. The molecule has 2 saturated carbocycles. The molecule has 0 aromatic heterocycles. The molecule has 0 radical (unpaired) electrons. The molecule has 0 aromatic carbocycles. The molecule has 50 valence electrons. The van der Waals surface area contributed by atoms with Crippen molar-refractivity contribution in [2.24, 2.45) is 17.8 Å². The van der Waals surface area contributed by atoms with E-state index in [4.69, 9.17) is 0 Å². The van der Waals surface area contributed by atoms with Crippen LogP contribution in [0.25, 0.3) is 0 Å². The van der Waals surface area contributed by atoms with E-state index in [1.807, 2.05) is 0 Å². The predicted molar refractivity (Wildman–Crippen MR) is 39.1 cm³/mol. The van der Waals surface area contributed by atoms with E-state index in [0.717, 1.165) is 17.8 Å². The zero-order valence-corrected chi connectivity index (χ0v) is 5.84. The molecule has 0 aliphatic heterocycles. The minimum absolute atomic E-state index is 0.892. The summed E-state index contributed by atoms with van der Waals surface area (Å²) in [5.41, 5.74) is 0. The molecule has 9 heavy (non-hydrogen) atoms. The van der Waals surface area contributed by atoms with Gasteiger partial charge in [0.25, 0.3) is 0 Å². The van der Waals surface area contributed by atoms with Crippen LogP contribution in [-0.2, 0) is 0 Å². The molecule has 0 aromatic rings. The van der Waals surface area contributed by atoms with Crippen LogP contribution in [0, 0.1) is 17.8 Å². The summed E-state index contributed by atoms with van der Waals surface area (Å²) in [6.45, 7) is 3.86. The summed E-state index contributed by atoms with van der Waals surface area (Å²) in [6, 6.07) is 0. The van der Waals surface area contributed by atoms with E-state index in [0.29, 0.717) is 0 Å². The largest absolute Gasteiger partial charge is 0.103 e. The number of allylic oxidation sites excluding steroid dienone is 1. The summed E-state index contributed by atoms with van der Waals surface area (Å²) < 4.78 is 0. The van der Waals surface area contributed by atoms with Crippen molar-refractivity contribution in [3.8, 4) is 0 Å². The number of fused-ring (bicyclic) bond motifs is 2. The van der Waals surface area contributed by atoms with Gasteiger partial charge in [0.2, 0.25) is 0 Å². The lowest BCUT2D eigenvalue weighted by atomic mass is 9.89. The first-order valence-electron chi connectivity index (χ1n) is 4.02.